The van der Waals surface area contributed by atoms with Gasteiger partial charge in [0, 0.05) is 47.6 Å². The number of hydrogen-bond donors (Lipinski definition) is 3. The van der Waals surface area contributed by atoms with Crippen molar-refractivity contribution in [2.45, 2.75) is 44.9 Å². The summed E-state index contributed by atoms with van der Waals surface area (Å²) in [5.74, 6) is 1.12. The van der Waals surface area contributed by atoms with Crippen LogP contribution in [0.1, 0.15) is 41.4 Å². The smallest absolute Gasteiger partial charge is 0.367 e. The molecule has 4 aromatic rings. The zero-order valence-electron chi connectivity index (χ0n) is 22.8. The molecule has 3 N–H and O–H groups in total. The van der Waals surface area contributed by atoms with Gasteiger partial charge in [0.25, 0.3) is 5.91 Å². The van der Waals surface area contributed by atoms with Gasteiger partial charge in [0.2, 0.25) is 5.95 Å². The van der Waals surface area contributed by atoms with Gasteiger partial charge in [-0.25, -0.2) is 19.9 Å². The first-order chi connectivity index (χ1) is 20.1. The number of hydrogen-bond acceptors (Lipinski definition) is 7. The molecule has 2 unspecified atom stereocenters. The van der Waals surface area contributed by atoms with Gasteiger partial charge in [-0.05, 0) is 56.0 Å². The number of nitrogens with zero attached hydrogens (tertiary/aromatic N) is 6. The first kappa shape index (κ1) is 27.2. The summed E-state index contributed by atoms with van der Waals surface area (Å²) < 4.78 is 44.4. The first-order valence-corrected chi connectivity index (χ1v) is 13.5. The molecular formula is C29H28F3N9O. The zero-order valence-corrected chi connectivity index (χ0v) is 22.8. The Bertz CT molecular complexity index is 1680. The highest BCUT2D eigenvalue weighted by atomic mass is 19.4. The van der Waals surface area contributed by atoms with Crippen molar-refractivity contribution >= 4 is 17.7 Å². The molecule has 2 atom stereocenters. The summed E-state index contributed by atoms with van der Waals surface area (Å²) in [6, 6.07) is 5.07. The molecule has 3 heterocycles. The van der Waals surface area contributed by atoms with Gasteiger partial charge in [-0.15, -0.1) is 0 Å². The summed E-state index contributed by atoms with van der Waals surface area (Å²) in [4.78, 5) is 30.4. The van der Waals surface area contributed by atoms with Crippen LogP contribution < -0.4 is 16.0 Å². The highest BCUT2D eigenvalue weighted by Gasteiger charge is 2.32. The van der Waals surface area contributed by atoms with Gasteiger partial charge < -0.3 is 20.5 Å². The minimum absolute atomic E-state index is 0.106. The molecule has 1 aromatic carbocycles. The quantitative estimate of drug-likeness (QED) is 0.269. The normalized spacial score (nSPS) is 18.5. The lowest BCUT2D eigenvalue weighted by Gasteiger charge is -2.25. The Kier molecular flexibility index (Phi) is 7.01. The highest BCUT2D eigenvalue weighted by molar-refractivity contribution is 5.95. The van der Waals surface area contributed by atoms with Crippen LogP contribution in [0.3, 0.4) is 0 Å². The molecule has 3 aromatic heterocycles. The first-order valence-electron chi connectivity index (χ1n) is 13.5. The van der Waals surface area contributed by atoms with Crippen molar-refractivity contribution in [2.24, 2.45) is 5.92 Å². The van der Waals surface area contributed by atoms with Gasteiger partial charge in [0.1, 0.15) is 18.0 Å². The Balaban J connectivity index is 1.22. The van der Waals surface area contributed by atoms with Gasteiger partial charge in [-0.2, -0.15) is 13.2 Å². The second-order valence-corrected chi connectivity index (χ2v) is 10.5. The number of aryl methyl sites for hydroxylation is 1. The Labute approximate surface area is 239 Å². The number of aromatic nitrogens is 6. The van der Waals surface area contributed by atoms with Gasteiger partial charge in [-0.1, -0.05) is 13.0 Å². The molecule has 0 saturated heterocycles. The van der Waals surface area contributed by atoms with Crippen LogP contribution in [0.15, 0.2) is 79.4 Å². The number of carbonyl (C=O) groups is 1. The molecule has 6 rings (SSSR count). The maximum absolute atomic E-state index is 13.7. The molecule has 0 bridgehead atoms. The fraction of sp³-hybridized carbons (Fsp3) is 0.276. The number of anilines is 2. The summed E-state index contributed by atoms with van der Waals surface area (Å²) >= 11 is 0. The maximum Gasteiger partial charge on any atom is 0.416 e. The average Bonchev–Trinajstić information content (AvgIpc) is 3.46. The van der Waals surface area contributed by atoms with Gasteiger partial charge in [-0.3, -0.25) is 9.36 Å². The van der Waals surface area contributed by atoms with E-state index in [9.17, 15) is 18.0 Å². The largest absolute Gasteiger partial charge is 0.416 e. The van der Waals surface area contributed by atoms with Gasteiger partial charge >= 0.3 is 6.18 Å². The SMILES string of the molecule is Cc1cn(-c2cc(C(=O)NC3C=C(Nc4nccn4-c4cc(NC5CC5)ncn4)C=CC3C)cc(C(F)(F)F)c2)cn1. The lowest BCUT2D eigenvalue weighted by molar-refractivity contribution is -0.137. The van der Waals surface area contributed by atoms with E-state index in [-0.39, 0.29) is 17.2 Å². The predicted molar refractivity (Wildman–Crippen MR) is 150 cm³/mol. The molecule has 216 valence electrons. The fourth-order valence-corrected chi connectivity index (χ4v) is 4.59. The van der Waals surface area contributed by atoms with Crippen molar-refractivity contribution in [3.8, 4) is 11.5 Å². The number of imidazole rings is 2. The molecule has 2 aliphatic carbocycles. The van der Waals surface area contributed by atoms with Crippen LogP contribution >= 0.6 is 0 Å². The minimum Gasteiger partial charge on any atom is -0.367 e. The van der Waals surface area contributed by atoms with E-state index in [0.29, 0.717) is 29.2 Å². The second kappa shape index (κ2) is 10.8. The lowest BCUT2D eigenvalue weighted by Crippen LogP contribution is -2.39. The van der Waals surface area contributed by atoms with Gasteiger partial charge in [0.15, 0.2) is 0 Å². The molecule has 0 radical (unpaired) electrons. The standard InChI is InChI=1S/C29H28F3N9O/c1-17-3-4-22(38-28-33-7-8-41(28)26-13-25(34-15-35-26)37-21-5-6-21)12-24(17)39-27(42)19-9-20(29(30,31)32)11-23(10-19)40-14-18(2)36-16-40/h3-4,7-17,21,24H,5-6H2,1-2H3,(H,33,38)(H,39,42)(H,34,35,37). The summed E-state index contributed by atoms with van der Waals surface area (Å²) in [6.45, 7) is 3.65. The predicted octanol–water partition coefficient (Wildman–Crippen LogP) is 5.05. The molecule has 10 nitrogen and oxygen atoms in total. The van der Waals surface area contributed by atoms with Crippen molar-refractivity contribution in [2.75, 3.05) is 10.6 Å². The Morgan fingerprint density at radius 1 is 1.07 bits per heavy atom. The van der Waals surface area contributed by atoms with Crippen molar-refractivity contribution in [1.82, 2.24) is 34.4 Å². The van der Waals surface area contributed by atoms with E-state index in [0.717, 1.165) is 30.8 Å². The van der Waals surface area contributed by atoms with E-state index in [2.05, 4.69) is 35.9 Å². The minimum atomic E-state index is -4.63. The van der Waals surface area contributed by atoms with Crippen LogP contribution in [0, 0.1) is 12.8 Å². The second-order valence-electron chi connectivity index (χ2n) is 10.5. The molecular weight excluding hydrogens is 547 g/mol. The van der Waals surface area contributed by atoms with Crippen LogP contribution in [0.5, 0.6) is 0 Å². The van der Waals surface area contributed by atoms with E-state index in [1.54, 1.807) is 30.1 Å². The monoisotopic (exact) mass is 575 g/mol. The van der Waals surface area contributed by atoms with Crippen molar-refractivity contribution in [1.29, 1.82) is 0 Å². The summed E-state index contributed by atoms with van der Waals surface area (Å²) in [7, 11) is 0. The van der Waals surface area contributed by atoms with Gasteiger partial charge in [0.05, 0.1) is 23.6 Å². The van der Waals surface area contributed by atoms with Crippen molar-refractivity contribution < 1.29 is 18.0 Å². The van der Waals surface area contributed by atoms with E-state index in [1.807, 2.05) is 31.2 Å². The number of carbonyl (C=O) groups excluding carboxylic acids is 1. The summed E-state index contributed by atoms with van der Waals surface area (Å²) in [5.41, 5.74) is 0.470. The van der Waals surface area contributed by atoms with Crippen LogP contribution in [-0.2, 0) is 6.18 Å². The third kappa shape index (κ3) is 6.04. The Morgan fingerprint density at radius 2 is 1.90 bits per heavy atom. The number of halogens is 3. The van der Waals surface area contributed by atoms with Crippen molar-refractivity contribution in [3.63, 3.8) is 0 Å². The Hall–Kier alpha value is -4.94. The molecule has 1 fully saturated rings. The van der Waals surface area contributed by atoms with Crippen molar-refractivity contribution in [3.05, 3.63) is 96.3 Å². The molecule has 13 heteroatoms. The fourth-order valence-electron chi connectivity index (χ4n) is 4.59. The van der Waals surface area contributed by atoms with Crippen LogP contribution in [-0.4, -0.2) is 47.1 Å². The highest BCUT2D eigenvalue weighted by Crippen LogP contribution is 2.32. The molecule has 0 spiro atoms. The third-order valence-corrected chi connectivity index (χ3v) is 7.05. The van der Waals surface area contributed by atoms with Crippen LogP contribution in [0.2, 0.25) is 0 Å². The van der Waals surface area contributed by atoms with E-state index < -0.39 is 23.7 Å². The summed E-state index contributed by atoms with van der Waals surface area (Å²) in [6.07, 6.45) is 11.1. The molecule has 1 saturated carbocycles. The Morgan fingerprint density at radius 3 is 2.64 bits per heavy atom. The molecule has 1 amide bonds. The maximum atomic E-state index is 13.7. The zero-order chi connectivity index (χ0) is 29.4. The molecule has 2 aliphatic rings. The number of rotatable bonds is 8. The third-order valence-electron chi connectivity index (χ3n) is 7.05. The topological polar surface area (TPSA) is 115 Å². The van der Waals surface area contributed by atoms with E-state index >= 15 is 0 Å². The summed E-state index contributed by atoms with van der Waals surface area (Å²) in [5, 5.41) is 9.49. The lowest BCUT2D eigenvalue weighted by atomic mass is 9.95. The van der Waals surface area contributed by atoms with Crippen LogP contribution in [0.25, 0.3) is 11.5 Å². The van der Waals surface area contributed by atoms with Crippen LogP contribution in [0.4, 0.5) is 24.9 Å². The number of amides is 1. The molecule has 42 heavy (non-hydrogen) atoms. The number of alkyl halides is 3. The average molecular weight is 576 g/mol. The number of benzene rings is 1. The number of allylic oxidation sites excluding steroid dienone is 1. The number of nitrogens with one attached hydrogen (secondary N) is 3. The van der Waals surface area contributed by atoms with E-state index in [1.165, 1.54) is 23.3 Å². The molecule has 0 aliphatic heterocycles. The van der Waals surface area contributed by atoms with E-state index in [4.69, 9.17) is 0 Å².